The molecule has 1 saturated heterocycles. The van der Waals surface area contributed by atoms with Gasteiger partial charge in [0, 0.05) is 6.54 Å². The first-order chi connectivity index (χ1) is 10.1. The van der Waals surface area contributed by atoms with Crippen LogP contribution in [0, 0.1) is 5.82 Å². The zero-order chi connectivity index (χ0) is 14.9. The third-order valence-corrected chi connectivity index (χ3v) is 4.40. The quantitative estimate of drug-likeness (QED) is 0.907. The molecule has 1 aliphatic heterocycles. The maximum atomic E-state index is 13.3. The Bertz CT molecular complexity index is 528. The fourth-order valence-corrected chi connectivity index (χ4v) is 3.21. The van der Waals surface area contributed by atoms with E-state index < -0.39 is 5.60 Å². The minimum atomic E-state index is -1.20. The molecule has 114 valence electrons. The lowest BCUT2D eigenvalue weighted by molar-refractivity contribution is -0.158. The average molecular weight is 293 g/mol. The summed E-state index contributed by atoms with van der Waals surface area (Å²) < 4.78 is 19.0. The van der Waals surface area contributed by atoms with Gasteiger partial charge in [0.1, 0.15) is 17.5 Å². The molecule has 0 bridgehead atoms. The number of rotatable bonds is 2. The molecule has 1 unspecified atom stereocenters. The number of carbonyl (C=O) groups is 1. The van der Waals surface area contributed by atoms with E-state index in [2.05, 4.69) is 0 Å². The number of aliphatic hydroxyl groups is 1. The fourth-order valence-electron chi connectivity index (χ4n) is 3.21. The summed E-state index contributed by atoms with van der Waals surface area (Å²) in [6, 6.07) is 6.25. The van der Waals surface area contributed by atoms with Crippen molar-refractivity contribution in [2.24, 2.45) is 0 Å². The Morgan fingerprint density at radius 1 is 1.38 bits per heavy atom. The van der Waals surface area contributed by atoms with Gasteiger partial charge in [-0.2, -0.15) is 0 Å². The topological polar surface area (TPSA) is 49.8 Å². The second-order valence-corrected chi connectivity index (χ2v) is 5.90. The van der Waals surface area contributed by atoms with Crippen molar-refractivity contribution in [1.82, 2.24) is 4.90 Å². The van der Waals surface area contributed by atoms with Crippen molar-refractivity contribution in [3.63, 3.8) is 0 Å². The van der Waals surface area contributed by atoms with Crippen LogP contribution in [0.5, 0.6) is 0 Å². The zero-order valence-electron chi connectivity index (χ0n) is 11.9. The number of amides is 1. The van der Waals surface area contributed by atoms with Gasteiger partial charge in [0.2, 0.25) is 0 Å². The van der Waals surface area contributed by atoms with Crippen LogP contribution >= 0.6 is 0 Å². The highest BCUT2D eigenvalue weighted by atomic mass is 19.1. The standard InChI is InChI=1S/C16H20FNO3/c17-13-5-3-4-12(10-13)14-11-18(8-9-21-14)15(19)16(20)6-1-2-7-16/h3-5,10,14,20H,1-2,6-9,11H2. The maximum absolute atomic E-state index is 13.3. The monoisotopic (exact) mass is 293 g/mol. The molecule has 1 aromatic carbocycles. The van der Waals surface area contributed by atoms with Crippen LogP contribution in [0.1, 0.15) is 37.4 Å². The van der Waals surface area contributed by atoms with Crippen LogP contribution < -0.4 is 0 Å². The van der Waals surface area contributed by atoms with Crippen molar-refractivity contribution in [3.05, 3.63) is 35.6 Å². The zero-order valence-corrected chi connectivity index (χ0v) is 11.9. The SMILES string of the molecule is O=C(N1CCOC(c2cccc(F)c2)C1)C1(O)CCCC1. The van der Waals surface area contributed by atoms with Gasteiger partial charge in [-0.1, -0.05) is 12.1 Å². The molecule has 1 atom stereocenters. The second kappa shape index (κ2) is 5.73. The summed E-state index contributed by atoms with van der Waals surface area (Å²) in [4.78, 5) is 14.2. The van der Waals surface area contributed by atoms with Crippen LogP contribution in [0.15, 0.2) is 24.3 Å². The summed E-state index contributed by atoms with van der Waals surface area (Å²) in [5, 5.41) is 10.4. The highest BCUT2D eigenvalue weighted by Crippen LogP contribution is 2.33. The Morgan fingerprint density at radius 2 is 2.14 bits per heavy atom. The van der Waals surface area contributed by atoms with E-state index in [1.54, 1.807) is 17.0 Å². The van der Waals surface area contributed by atoms with Gasteiger partial charge in [0.15, 0.2) is 0 Å². The van der Waals surface area contributed by atoms with Crippen molar-refractivity contribution in [2.45, 2.75) is 37.4 Å². The molecule has 1 heterocycles. The van der Waals surface area contributed by atoms with Crippen molar-refractivity contribution in [1.29, 1.82) is 0 Å². The van der Waals surface area contributed by atoms with E-state index in [1.807, 2.05) is 0 Å². The lowest BCUT2D eigenvalue weighted by Crippen LogP contribution is -2.51. The Hall–Kier alpha value is -1.46. The van der Waals surface area contributed by atoms with E-state index in [0.717, 1.165) is 18.4 Å². The van der Waals surface area contributed by atoms with Gasteiger partial charge in [-0.05, 0) is 43.4 Å². The molecule has 2 fully saturated rings. The number of benzene rings is 1. The van der Waals surface area contributed by atoms with Gasteiger partial charge in [0.25, 0.3) is 5.91 Å². The fraction of sp³-hybridized carbons (Fsp3) is 0.562. The number of carbonyl (C=O) groups excluding carboxylic acids is 1. The Labute approximate surface area is 123 Å². The normalized spacial score (nSPS) is 25.0. The van der Waals surface area contributed by atoms with Crippen LogP contribution in [0.2, 0.25) is 0 Å². The molecule has 0 spiro atoms. The smallest absolute Gasteiger partial charge is 0.254 e. The lowest BCUT2D eigenvalue weighted by Gasteiger charge is -2.37. The van der Waals surface area contributed by atoms with Crippen LogP contribution in [0.4, 0.5) is 4.39 Å². The molecule has 21 heavy (non-hydrogen) atoms. The number of ether oxygens (including phenoxy) is 1. The van der Waals surface area contributed by atoms with Crippen molar-refractivity contribution in [3.8, 4) is 0 Å². The van der Waals surface area contributed by atoms with Gasteiger partial charge in [-0.25, -0.2) is 4.39 Å². The van der Waals surface area contributed by atoms with E-state index in [9.17, 15) is 14.3 Å². The molecule has 0 aromatic heterocycles. The molecule has 0 radical (unpaired) electrons. The molecule has 3 rings (SSSR count). The molecule has 1 amide bonds. The molecule has 1 aromatic rings. The van der Waals surface area contributed by atoms with Crippen LogP contribution in [-0.2, 0) is 9.53 Å². The van der Waals surface area contributed by atoms with E-state index in [4.69, 9.17) is 4.74 Å². The molecule has 1 aliphatic carbocycles. The molecule has 2 aliphatic rings. The number of halogens is 1. The third-order valence-electron chi connectivity index (χ3n) is 4.40. The highest BCUT2D eigenvalue weighted by Gasteiger charge is 2.42. The third kappa shape index (κ3) is 2.94. The van der Waals surface area contributed by atoms with Gasteiger partial charge in [-0.3, -0.25) is 4.79 Å². The average Bonchev–Trinajstić information content (AvgIpc) is 2.95. The van der Waals surface area contributed by atoms with Crippen LogP contribution in [-0.4, -0.2) is 41.2 Å². The first-order valence-electron chi connectivity index (χ1n) is 7.47. The number of morpholine rings is 1. The minimum absolute atomic E-state index is 0.204. The largest absolute Gasteiger partial charge is 0.380 e. The predicted octanol–water partition coefficient (Wildman–Crippen LogP) is 2.03. The first kappa shape index (κ1) is 14.5. The molecule has 1 saturated carbocycles. The minimum Gasteiger partial charge on any atom is -0.380 e. The predicted molar refractivity (Wildman–Crippen MR) is 75.1 cm³/mol. The molecule has 5 heteroatoms. The number of hydrogen-bond donors (Lipinski definition) is 1. The lowest BCUT2D eigenvalue weighted by atomic mass is 9.99. The Kier molecular flexibility index (Phi) is 3.95. The second-order valence-electron chi connectivity index (χ2n) is 5.90. The van der Waals surface area contributed by atoms with E-state index in [1.165, 1.54) is 12.1 Å². The summed E-state index contributed by atoms with van der Waals surface area (Å²) in [7, 11) is 0. The summed E-state index contributed by atoms with van der Waals surface area (Å²) in [6.45, 7) is 1.25. The van der Waals surface area contributed by atoms with Gasteiger partial charge >= 0.3 is 0 Å². The van der Waals surface area contributed by atoms with Crippen LogP contribution in [0.25, 0.3) is 0 Å². The van der Waals surface area contributed by atoms with Crippen LogP contribution in [0.3, 0.4) is 0 Å². The number of nitrogens with zero attached hydrogens (tertiary/aromatic N) is 1. The summed E-state index contributed by atoms with van der Waals surface area (Å²) >= 11 is 0. The summed E-state index contributed by atoms with van der Waals surface area (Å²) in [5.74, 6) is -0.515. The van der Waals surface area contributed by atoms with Gasteiger partial charge in [0.05, 0.1) is 13.2 Å². The maximum Gasteiger partial charge on any atom is 0.254 e. The summed E-state index contributed by atoms with van der Waals surface area (Å²) in [5.41, 5.74) is -0.477. The first-order valence-corrected chi connectivity index (χ1v) is 7.47. The summed E-state index contributed by atoms with van der Waals surface area (Å²) in [6.07, 6.45) is 2.52. The van der Waals surface area contributed by atoms with Gasteiger partial charge in [-0.15, -0.1) is 0 Å². The highest BCUT2D eigenvalue weighted by molar-refractivity contribution is 5.85. The van der Waals surface area contributed by atoms with E-state index in [0.29, 0.717) is 32.5 Å². The Morgan fingerprint density at radius 3 is 2.86 bits per heavy atom. The number of hydrogen-bond acceptors (Lipinski definition) is 3. The van der Waals surface area contributed by atoms with Gasteiger partial charge < -0.3 is 14.7 Å². The molecular weight excluding hydrogens is 273 g/mol. The molecular formula is C16H20FNO3. The van der Waals surface area contributed by atoms with E-state index >= 15 is 0 Å². The van der Waals surface area contributed by atoms with Crippen molar-refractivity contribution in [2.75, 3.05) is 19.7 Å². The molecule has 4 nitrogen and oxygen atoms in total. The van der Waals surface area contributed by atoms with Crippen molar-refractivity contribution < 1.29 is 19.0 Å². The van der Waals surface area contributed by atoms with E-state index in [-0.39, 0.29) is 17.8 Å². The Balaban J connectivity index is 1.72. The van der Waals surface area contributed by atoms with Crippen molar-refractivity contribution >= 4 is 5.91 Å². The molecule has 1 N–H and O–H groups in total.